The summed E-state index contributed by atoms with van der Waals surface area (Å²) in [5.74, 6) is -0.839. The van der Waals surface area contributed by atoms with Crippen molar-refractivity contribution in [3.05, 3.63) is 20.8 Å². The molecule has 1 heterocycles. The fourth-order valence-corrected chi connectivity index (χ4v) is 4.10. The van der Waals surface area contributed by atoms with Crippen molar-refractivity contribution >= 4 is 39.3 Å². The summed E-state index contributed by atoms with van der Waals surface area (Å²) in [6, 6.07) is 3.95. The molecule has 1 aliphatic rings. The van der Waals surface area contributed by atoms with Crippen LogP contribution in [0.4, 0.5) is 4.79 Å². The molecule has 116 valence electrons. The van der Waals surface area contributed by atoms with E-state index < -0.39 is 5.97 Å². The van der Waals surface area contributed by atoms with Gasteiger partial charge in [0.15, 0.2) is 0 Å². The summed E-state index contributed by atoms with van der Waals surface area (Å²) < 4.78 is 1.11. The molecule has 0 spiro atoms. The lowest BCUT2D eigenvalue weighted by Crippen LogP contribution is -2.48. The van der Waals surface area contributed by atoms with Crippen LogP contribution in [0.1, 0.15) is 37.0 Å². The summed E-state index contributed by atoms with van der Waals surface area (Å²) in [7, 11) is 0. The number of carboxylic acids is 1. The molecule has 3 N–H and O–H groups in total. The summed E-state index contributed by atoms with van der Waals surface area (Å²) >= 11 is 5.21. The third kappa shape index (κ3) is 4.44. The number of carboxylic acid groups (broad SMARTS) is 1. The Bertz CT molecular complexity index is 514. The van der Waals surface area contributed by atoms with E-state index in [9.17, 15) is 9.59 Å². The van der Waals surface area contributed by atoms with Gasteiger partial charge >= 0.3 is 12.0 Å². The Morgan fingerprint density at radius 3 is 2.62 bits per heavy atom. The van der Waals surface area contributed by atoms with E-state index in [-0.39, 0.29) is 17.9 Å². The van der Waals surface area contributed by atoms with E-state index in [1.807, 2.05) is 6.07 Å². The van der Waals surface area contributed by atoms with Crippen LogP contribution in [0.3, 0.4) is 0 Å². The van der Waals surface area contributed by atoms with Crippen LogP contribution in [0.15, 0.2) is 15.9 Å². The van der Waals surface area contributed by atoms with Crippen LogP contribution in [-0.4, -0.2) is 30.2 Å². The number of aliphatic carboxylic acids is 1. The Morgan fingerprint density at radius 1 is 1.33 bits per heavy atom. The highest BCUT2D eigenvalue weighted by atomic mass is 79.9. The van der Waals surface area contributed by atoms with E-state index in [4.69, 9.17) is 5.11 Å². The van der Waals surface area contributed by atoms with Crippen molar-refractivity contribution < 1.29 is 14.7 Å². The van der Waals surface area contributed by atoms with Gasteiger partial charge in [-0.25, -0.2) is 4.79 Å². The second-order valence-electron chi connectivity index (χ2n) is 5.34. The lowest BCUT2D eigenvalue weighted by Gasteiger charge is -2.41. The highest BCUT2D eigenvalue weighted by Gasteiger charge is 2.40. The Kier molecular flexibility index (Phi) is 5.64. The number of amides is 2. The minimum absolute atomic E-state index is 0.0768. The van der Waals surface area contributed by atoms with Crippen LogP contribution >= 0.6 is 27.3 Å². The summed E-state index contributed by atoms with van der Waals surface area (Å²) in [6.07, 6.45) is 3.91. The quantitative estimate of drug-likeness (QED) is 0.641. The number of hydrogen-bond donors (Lipinski definition) is 3. The molecule has 1 aliphatic carbocycles. The number of carbonyl (C=O) groups excluding carboxylic acids is 1. The van der Waals surface area contributed by atoms with Crippen LogP contribution in [0, 0.1) is 0 Å². The van der Waals surface area contributed by atoms with Crippen molar-refractivity contribution in [2.45, 2.75) is 37.5 Å². The predicted octanol–water partition coefficient (Wildman–Crippen LogP) is 3.10. The van der Waals surface area contributed by atoms with Gasteiger partial charge in [-0.05, 0) is 47.3 Å². The maximum atomic E-state index is 11.7. The second kappa shape index (κ2) is 7.26. The number of rotatable bonds is 7. The fraction of sp³-hybridized carbons (Fsp3) is 0.571. The first-order valence-electron chi connectivity index (χ1n) is 7.01. The van der Waals surface area contributed by atoms with Crippen molar-refractivity contribution in [2.24, 2.45) is 0 Å². The van der Waals surface area contributed by atoms with Crippen LogP contribution < -0.4 is 10.6 Å². The Balaban J connectivity index is 1.76. The van der Waals surface area contributed by atoms with Gasteiger partial charge in [0.25, 0.3) is 0 Å². The molecule has 2 amide bonds. The number of urea groups is 1. The average molecular weight is 375 g/mol. The fourth-order valence-electron chi connectivity index (χ4n) is 2.47. The molecular weight excluding hydrogens is 356 g/mol. The van der Waals surface area contributed by atoms with E-state index in [0.29, 0.717) is 19.5 Å². The van der Waals surface area contributed by atoms with E-state index in [1.165, 1.54) is 11.3 Å². The minimum Gasteiger partial charge on any atom is -0.481 e. The zero-order chi connectivity index (χ0) is 15.3. The Morgan fingerprint density at radius 2 is 2.10 bits per heavy atom. The van der Waals surface area contributed by atoms with Gasteiger partial charge in [0.05, 0.1) is 3.79 Å². The number of nitrogens with one attached hydrogen (secondary N) is 2. The molecule has 0 aromatic carbocycles. The zero-order valence-electron chi connectivity index (χ0n) is 11.7. The normalized spacial score (nSPS) is 16.0. The molecule has 0 unspecified atom stereocenters. The number of halogens is 1. The van der Waals surface area contributed by atoms with Gasteiger partial charge in [-0.2, -0.15) is 0 Å². The minimum atomic E-state index is -0.839. The number of thiophene rings is 1. The van der Waals surface area contributed by atoms with Crippen LogP contribution in [0.5, 0.6) is 0 Å². The first-order valence-corrected chi connectivity index (χ1v) is 8.62. The van der Waals surface area contributed by atoms with E-state index in [1.54, 1.807) is 11.3 Å². The van der Waals surface area contributed by atoms with Crippen LogP contribution in [0.2, 0.25) is 0 Å². The summed E-state index contributed by atoms with van der Waals surface area (Å²) in [4.78, 5) is 23.4. The highest BCUT2D eigenvalue weighted by Crippen LogP contribution is 2.46. The average Bonchev–Trinajstić information content (AvgIpc) is 2.80. The molecule has 0 radical (unpaired) electrons. The van der Waals surface area contributed by atoms with Crippen molar-refractivity contribution in [1.29, 1.82) is 0 Å². The van der Waals surface area contributed by atoms with Gasteiger partial charge in [0.1, 0.15) is 0 Å². The molecule has 0 aliphatic heterocycles. The standard InChI is InChI=1S/C14H19BrN2O3S/c15-11-5-4-10(21-11)14(6-2-7-14)9-17-13(20)16-8-1-3-12(18)19/h4-5H,1-3,6-9H2,(H,18,19)(H2,16,17,20). The molecular formula is C14H19BrN2O3S. The maximum absolute atomic E-state index is 11.7. The third-order valence-corrected chi connectivity index (χ3v) is 5.72. The predicted molar refractivity (Wildman–Crippen MR) is 85.8 cm³/mol. The third-order valence-electron chi connectivity index (χ3n) is 3.85. The number of carbonyl (C=O) groups is 2. The molecule has 2 rings (SSSR count). The summed E-state index contributed by atoms with van der Waals surface area (Å²) in [5.41, 5.74) is 0.0785. The largest absolute Gasteiger partial charge is 0.481 e. The van der Waals surface area contributed by atoms with Gasteiger partial charge in [0.2, 0.25) is 0 Å². The zero-order valence-corrected chi connectivity index (χ0v) is 14.1. The molecule has 0 atom stereocenters. The molecule has 1 aromatic heterocycles. The van der Waals surface area contributed by atoms with Gasteiger partial charge in [-0.3, -0.25) is 4.79 Å². The van der Waals surface area contributed by atoms with Gasteiger partial charge in [0, 0.05) is 29.8 Å². The van der Waals surface area contributed by atoms with E-state index in [2.05, 4.69) is 32.6 Å². The van der Waals surface area contributed by atoms with Crippen molar-refractivity contribution in [3.63, 3.8) is 0 Å². The molecule has 1 saturated carbocycles. The molecule has 0 bridgehead atoms. The van der Waals surface area contributed by atoms with Crippen LogP contribution in [0.25, 0.3) is 0 Å². The molecule has 1 aromatic rings. The smallest absolute Gasteiger partial charge is 0.314 e. The topological polar surface area (TPSA) is 78.4 Å². The van der Waals surface area contributed by atoms with E-state index >= 15 is 0 Å². The summed E-state index contributed by atoms with van der Waals surface area (Å²) in [5, 5.41) is 14.1. The van der Waals surface area contributed by atoms with Gasteiger partial charge in [-0.15, -0.1) is 11.3 Å². The molecule has 21 heavy (non-hydrogen) atoms. The summed E-state index contributed by atoms with van der Waals surface area (Å²) in [6.45, 7) is 1.01. The lowest BCUT2D eigenvalue weighted by atomic mass is 9.68. The Labute approximate surface area is 136 Å². The van der Waals surface area contributed by atoms with Crippen LogP contribution in [-0.2, 0) is 10.2 Å². The molecule has 1 fully saturated rings. The number of hydrogen-bond acceptors (Lipinski definition) is 3. The van der Waals surface area contributed by atoms with E-state index in [0.717, 1.165) is 16.6 Å². The first-order chi connectivity index (χ1) is 10.0. The van der Waals surface area contributed by atoms with Crippen molar-refractivity contribution in [2.75, 3.05) is 13.1 Å². The van der Waals surface area contributed by atoms with Crippen molar-refractivity contribution in [1.82, 2.24) is 10.6 Å². The maximum Gasteiger partial charge on any atom is 0.314 e. The van der Waals surface area contributed by atoms with Crippen molar-refractivity contribution in [3.8, 4) is 0 Å². The monoisotopic (exact) mass is 374 g/mol. The molecule has 5 nitrogen and oxygen atoms in total. The van der Waals surface area contributed by atoms with Gasteiger partial charge < -0.3 is 15.7 Å². The Hall–Kier alpha value is -1.08. The molecule has 7 heteroatoms. The van der Waals surface area contributed by atoms with Gasteiger partial charge in [-0.1, -0.05) is 6.42 Å². The molecule has 0 saturated heterocycles. The first kappa shape index (κ1) is 16.3. The second-order valence-corrected chi connectivity index (χ2v) is 7.81. The SMILES string of the molecule is O=C(O)CCCNC(=O)NCC1(c2ccc(Br)s2)CCC1. The lowest BCUT2D eigenvalue weighted by molar-refractivity contribution is -0.137. The highest BCUT2D eigenvalue weighted by molar-refractivity contribution is 9.11.